The van der Waals surface area contributed by atoms with Gasteiger partial charge in [0.2, 0.25) is 0 Å². The largest absolute Gasteiger partial charge is 0.506 e. The molecule has 1 aromatic rings. The molecule has 7 heteroatoms. The first-order valence-electron chi connectivity index (χ1n) is 5.06. The smallest absolute Gasteiger partial charge is 0.171 e. The monoisotopic (exact) mass is 257 g/mol. The van der Waals surface area contributed by atoms with Crippen molar-refractivity contribution >= 4 is 17.4 Å². The number of anilines is 1. The third-order valence-corrected chi connectivity index (χ3v) is 3.36. The third kappa shape index (κ3) is 2.95. The van der Waals surface area contributed by atoms with E-state index in [-0.39, 0.29) is 16.8 Å². The van der Waals surface area contributed by atoms with Crippen LogP contribution in [0.25, 0.3) is 0 Å². The van der Waals surface area contributed by atoms with Gasteiger partial charge in [0.25, 0.3) is 0 Å². The lowest BCUT2D eigenvalue weighted by atomic mass is 10.3. The SMILES string of the molecule is COc1ccc(NC2NNC(OC)S2)c(O)c1. The topological polar surface area (TPSA) is 74.8 Å². The van der Waals surface area contributed by atoms with Crippen molar-refractivity contribution in [3.8, 4) is 11.5 Å². The average molecular weight is 257 g/mol. The summed E-state index contributed by atoms with van der Waals surface area (Å²) in [5.41, 5.74) is 6.40. The lowest BCUT2D eigenvalue weighted by Crippen LogP contribution is -2.37. The lowest BCUT2D eigenvalue weighted by Gasteiger charge is -2.14. The molecule has 0 saturated carbocycles. The molecule has 0 aromatic heterocycles. The molecule has 0 amide bonds. The molecule has 6 nitrogen and oxygen atoms in total. The molecule has 4 N–H and O–H groups in total. The van der Waals surface area contributed by atoms with Gasteiger partial charge >= 0.3 is 0 Å². The molecule has 1 aliphatic rings. The van der Waals surface area contributed by atoms with E-state index >= 15 is 0 Å². The van der Waals surface area contributed by atoms with Crippen molar-refractivity contribution < 1.29 is 14.6 Å². The highest BCUT2D eigenvalue weighted by Gasteiger charge is 2.24. The van der Waals surface area contributed by atoms with Crippen LogP contribution < -0.4 is 20.9 Å². The Morgan fingerprint density at radius 3 is 2.76 bits per heavy atom. The van der Waals surface area contributed by atoms with Gasteiger partial charge in [0.05, 0.1) is 12.8 Å². The van der Waals surface area contributed by atoms with Crippen LogP contribution in [0.5, 0.6) is 11.5 Å². The first kappa shape index (κ1) is 12.3. The normalized spacial score (nSPS) is 23.6. The van der Waals surface area contributed by atoms with E-state index in [0.29, 0.717) is 11.4 Å². The number of phenolic OH excluding ortho intramolecular Hbond substituents is 1. The van der Waals surface area contributed by atoms with Crippen LogP contribution in [-0.4, -0.2) is 30.4 Å². The fourth-order valence-corrected chi connectivity index (χ4v) is 2.25. The number of phenols is 1. The zero-order valence-corrected chi connectivity index (χ0v) is 10.4. The fraction of sp³-hybridized carbons (Fsp3) is 0.400. The van der Waals surface area contributed by atoms with Crippen molar-refractivity contribution in [3.63, 3.8) is 0 Å². The van der Waals surface area contributed by atoms with Gasteiger partial charge in [0, 0.05) is 13.2 Å². The summed E-state index contributed by atoms with van der Waals surface area (Å²) < 4.78 is 10.1. The molecule has 0 aliphatic carbocycles. The molecule has 1 saturated heterocycles. The van der Waals surface area contributed by atoms with Crippen LogP contribution in [0, 0.1) is 0 Å². The minimum Gasteiger partial charge on any atom is -0.506 e. The Bertz CT molecular complexity index is 391. The molecule has 17 heavy (non-hydrogen) atoms. The summed E-state index contributed by atoms with van der Waals surface area (Å²) in [5, 5.41) is 12.9. The lowest BCUT2D eigenvalue weighted by molar-refractivity contribution is 0.142. The Labute approximate surface area is 104 Å². The number of hydrogen-bond acceptors (Lipinski definition) is 7. The molecule has 2 unspecified atom stereocenters. The van der Waals surface area contributed by atoms with Gasteiger partial charge in [0.1, 0.15) is 17.0 Å². The molecular formula is C10H15N3O3S. The second kappa shape index (κ2) is 5.46. The summed E-state index contributed by atoms with van der Waals surface area (Å²) in [7, 11) is 3.18. The van der Waals surface area contributed by atoms with Gasteiger partial charge in [-0.3, -0.25) is 0 Å². The van der Waals surface area contributed by atoms with Gasteiger partial charge < -0.3 is 19.9 Å². The van der Waals surface area contributed by atoms with Crippen LogP contribution in [0.4, 0.5) is 5.69 Å². The molecule has 0 radical (unpaired) electrons. The quantitative estimate of drug-likeness (QED) is 0.596. The van der Waals surface area contributed by atoms with Crippen LogP contribution in [-0.2, 0) is 4.74 Å². The van der Waals surface area contributed by atoms with E-state index in [1.165, 1.54) is 11.8 Å². The van der Waals surface area contributed by atoms with E-state index in [9.17, 15) is 5.11 Å². The summed E-state index contributed by atoms with van der Waals surface area (Å²) in [6.07, 6.45) is 0. The van der Waals surface area contributed by atoms with Crippen molar-refractivity contribution in [3.05, 3.63) is 18.2 Å². The molecule has 1 fully saturated rings. The van der Waals surface area contributed by atoms with Crippen molar-refractivity contribution in [2.75, 3.05) is 19.5 Å². The number of hydrazine groups is 1. The molecular weight excluding hydrogens is 242 g/mol. The van der Waals surface area contributed by atoms with Crippen LogP contribution in [0.2, 0.25) is 0 Å². The van der Waals surface area contributed by atoms with Gasteiger partial charge in [0.15, 0.2) is 5.56 Å². The Kier molecular flexibility index (Phi) is 3.95. The summed E-state index contributed by atoms with van der Waals surface area (Å²) in [6.45, 7) is 0. The zero-order valence-electron chi connectivity index (χ0n) is 9.56. The molecule has 1 aromatic carbocycles. The summed E-state index contributed by atoms with van der Waals surface area (Å²) >= 11 is 1.53. The molecule has 2 rings (SSSR count). The van der Waals surface area contributed by atoms with Crippen LogP contribution in [0.1, 0.15) is 0 Å². The number of thioether (sulfide) groups is 1. The van der Waals surface area contributed by atoms with Gasteiger partial charge in [-0.1, -0.05) is 11.8 Å². The van der Waals surface area contributed by atoms with Crippen molar-refractivity contribution in [1.82, 2.24) is 10.9 Å². The Morgan fingerprint density at radius 2 is 2.18 bits per heavy atom. The maximum atomic E-state index is 9.77. The van der Waals surface area contributed by atoms with E-state index in [1.54, 1.807) is 32.4 Å². The van der Waals surface area contributed by atoms with Gasteiger partial charge in [-0.05, 0) is 12.1 Å². The summed E-state index contributed by atoms with van der Waals surface area (Å²) in [5.74, 6) is 0.764. The van der Waals surface area contributed by atoms with Crippen LogP contribution in [0.3, 0.4) is 0 Å². The molecule has 1 aliphatic heterocycles. The molecule has 94 valence electrons. The number of ether oxygens (including phenoxy) is 2. The predicted octanol–water partition coefficient (Wildman–Crippen LogP) is 0.867. The highest BCUT2D eigenvalue weighted by molar-refractivity contribution is 8.00. The molecule has 1 heterocycles. The number of benzene rings is 1. The van der Waals surface area contributed by atoms with Crippen LogP contribution in [0.15, 0.2) is 18.2 Å². The highest BCUT2D eigenvalue weighted by Crippen LogP contribution is 2.30. The van der Waals surface area contributed by atoms with E-state index in [2.05, 4.69) is 16.2 Å². The second-order valence-electron chi connectivity index (χ2n) is 3.40. The summed E-state index contributed by atoms with van der Waals surface area (Å²) in [4.78, 5) is 0. The van der Waals surface area contributed by atoms with Crippen molar-refractivity contribution in [1.29, 1.82) is 0 Å². The number of hydrogen-bond donors (Lipinski definition) is 4. The number of nitrogens with one attached hydrogen (secondary N) is 3. The maximum Gasteiger partial charge on any atom is 0.171 e. The Hall–Kier alpha value is -1.15. The molecule has 0 bridgehead atoms. The van der Waals surface area contributed by atoms with Gasteiger partial charge in [-0.2, -0.15) is 0 Å². The van der Waals surface area contributed by atoms with E-state index in [4.69, 9.17) is 9.47 Å². The first-order chi connectivity index (χ1) is 8.22. The number of methoxy groups -OCH3 is 2. The third-order valence-electron chi connectivity index (χ3n) is 2.30. The van der Waals surface area contributed by atoms with E-state index in [1.807, 2.05) is 0 Å². The van der Waals surface area contributed by atoms with Crippen molar-refractivity contribution in [2.45, 2.75) is 11.1 Å². The zero-order chi connectivity index (χ0) is 12.3. The first-order valence-corrected chi connectivity index (χ1v) is 6.00. The molecule has 0 spiro atoms. The second-order valence-corrected chi connectivity index (χ2v) is 4.57. The standard InChI is InChI=1S/C10H15N3O3S/c1-15-6-3-4-7(8(14)5-6)11-9-12-13-10(16-2)17-9/h3-5,9-14H,1-2H3. The predicted molar refractivity (Wildman–Crippen MR) is 66.7 cm³/mol. The van der Waals surface area contributed by atoms with E-state index < -0.39 is 0 Å². The minimum absolute atomic E-state index is 0.0701. The minimum atomic E-state index is -0.104. The average Bonchev–Trinajstić information content (AvgIpc) is 2.79. The van der Waals surface area contributed by atoms with Crippen LogP contribution >= 0.6 is 11.8 Å². The van der Waals surface area contributed by atoms with Gasteiger partial charge in [-0.25, -0.2) is 10.9 Å². The number of aromatic hydroxyl groups is 1. The maximum absolute atomic E-state index is 9.77. The highest BCUT2D eigenvalue weighted by atomic mass is 32.2. The Balaban J connectivity index is 1.99. The van der Waals surface area contributed by atoms with Crippen molar-refractivity contribution in [2.24, 2.45) is 0 Å². The Morgan fingerprint density at radius 1 is 1.35 bits per heavy atom. The fourth-order valence-electron chi connectivity index (χ4n) is 1.42. The molecule has 2 atom stereocenters. The van der Waals surface area contributed by atoms with Gasteiger partial charge in [-0.15, -0.1) is 0 Å². The number of rotatable bonds is 4. The summed E-state index contributed by atoms with van der Waals surface area (Å²) in [6, 6.07) is 5.10. The van der Waals surface area contributed by atoms with E-state index in [0.717, 1.165) is 0 Å².